The lowest BCUT2D eigenvalue weighted by molar-refractivity contribution is -0.141. The van der Waals surface area contributed by atoms with Gasteiger partial charge in [0.05, 0.1) is 11.6 Å². The number of nitrogens with one attached hydrogen (secondary N) is 1. The van der Waals surface area contributed by atoms with E-state index in [1.807, 2.05) is 0 Å². The predicted molar refractivity (Wildman–Crippen MR) is 85.0 cm³/mol. The lowest BCUT2D eigenvalue weighted by atomic mass is 10.3. The van der Waals surface area contributed by atoms with Gasteiger partial charge in [-0.25, -0.2) is 19.9 Å². The first-order valence-electron chi connectivity index (χ1n) is 7.56. The maximum Gasteiger partial charge on any atom is 0.433 e. The van der Waals surface area contributed by atoms with Crippen molar-refractivity contribution in [3.8, 4) is 0 Å². The fourth-order valence-electron chi connectivity index (χ4n) is 2.45. The molecule has 3 aromatic heterocycles. The third kappa shape index (κ3) is 3.67. The van der Waals surface area contributed by atoms with Crippen molar-refractivity contribution in [1.29, 1.82) is 0 Å². The Hall–Kier alpha value is -2.78. The molecule has 0 spiro atoms. The predicted octanol–water partition coefficient (Wildman–Crippen LogP) is 2.44. The minimum absolute atomic E-state index is 0.132. The van der Waals surface area contributed by atoms with E-state index >= 15 is 0 Å². The Balaban J connectivity index is 1.77. The molecule has 0 saturated carbocycles. The van der Waals surface area contributed by atoms with E-state index in [0.717, 1.165) is 11.5 Å². The van der Waals surface area contributed by atoms with Crippen molar-refractivity contribution in [2.45, 2.75) is 26.4 Å². The highest BCUT2D eigenvalue weighted by molar-refractivity contribution is 5.86. The molecule has 0 atom stereocenters. The van der Waals surface area contributed by atoms with Crippen molar-refractivity contribution in [2.75, 3.05) is 11.9 Å². The highest BCUT2D eigenvalue weighted by Gasteiger charge is 2.33. The van der Waals surface area contributed by atoms with Crippen molar-refractivity contribution in [3.63, 3.8) is 0 Å². The van der Waals surface area contributed by atoms with Gasteiger partial charge in [-0.15, -0.1) is 0 Å². The summed E-state index contributed by atoms with van der Waals surface area (Å²) in [4.78, 5) is 16.3. The Labute approximate surface area is 141 Å². The quantitative estimate of drug-likeness (QED) is 0.778. The number of fused-ring (bicyclic) bond motifs is 1. The molecule has 25 heavy (non-hydrogen) atoms. The molecule has 0 amide bonds. The summed E-state index contributed by atoms with van der Waals surface area (Å²) in [7, 11) is 1.78. The fraction of sp³-hybridized carbons (Fsp3) is 0.400. The van der Waals surface area contributed by atoms with Crippen LogP contribution in [0.15, 0.2) is 12.3 Å². The second-order valence-corrected chi connectivity index (χ2v) is 5.61. The van der Waals surface area contributed by atoms with Crippen LogP contribution in [0.4, 0.5) is 19.0 Å². The summed E-state index contributed by atoms with van der Waals surface area (Å²) >= 11 is 0. The number of hydrogen-bond acceptors (Lipinski definition) is 6. The van der Waals surface area contributed by atoms with E-state index in [2.05, 4.69) is 30.4 Å². The molecular formula is C15H16F3N7. The maximum atomic E-state index is 12.8. The van der Waals surface area contributed by atoms with Gasteiger partial charge in [-0.3, -0.25) is 4.68 Å². The SMILES string of the molecule is Cc1cc(C(F)(F)F)nc(CCNc2nc(C)nc3c2cnn3C)n1. The molecule has 0 bridgehead atoms. The molecule has 1 N–H and O–H groups in total. The van der Waals surface area contributed by atoms with Gasteiger partial charge in [0.15, 0.2) is 5.65 Å². The molecule has 3 heterocycles. The van der Waals surface area contributed by atoms with Gasteiger partial charge in [0.2, 0.25) is 0 Å². The zero-order valence-corrected chi connectivity index (χ0v) is 13.9. The maximum absolute atomic E-state index is 12.8. The second-order valence-electron chi connectivity index (χ2n) is 5.61. The average Bonchev–Trinajstić information content (AvgIpc) is 2.87. The van der Waals surface area contributed by atoms with E-state index in [4.69, 9.17) is 0 Å². The van der Waals surface area contributed by atoms with Gasteiger partial charge in [0, 0.05) is 25.7 Å². The lowest BCUT2D eigenvalue weighted by Crippen LogP contribution is -2.15. The molecule has 0 aliphatic heterocycles. The molecule has 0 radical (unpaired) electrons. The Morgan fingerprint density at radius 3 is 2.60 bits per heavy atom. The zero-order chi connectivity index (χ0) is 18.2. The number of aryl methyl sites for hydroxylation is 3. The average molecular weight is 351 g/mol. The van der Waals surface area contributed by atoms with Crippen molar-refractivity contribution >= 4 is 16.9 Å². The van der Waals surface area contributed by atoms with Crippen molar-refractivity contribution in [3.05, 3.63) is 35.3 Å². The minimum Gasteiger partial charge on any atom is -0.369 e. The summed E-state index contributed by atoms with van der Waals surface area (Å²) in [5.74, 6) is 1.29. The lowest BCUT2D eigenvalue weighted by Gasteiger charge is -2.10. The third-order valence-corrected chi connectivity index (χ3v) is 3.54. The number of anilines is 1. The zero-order valence-electron chi connectivity index (χ0n) is 13.9. The van der Waals surface area contributed by atoms with Gasteiger partial charge in [0.25, 0.3) is 0 Å². The van der Waals surface area contributed by atoms with Crippen LogP contribution in [0.25, 0.3) is 11.0 Å². The van der Waals surface area contributed by atoms with Gasteiger partial charge in [-0.2, -0.15) is 18.3 Å². The Morgan fingerprint density at radius 1 is 1.12 bits per heavy atom. The smallest absolute Gasteiger partial charge is 0.369 e. The Morgan fingerprint density at radius 2 is 1.88 bits per heavy atom. The van der Waals surface area contributed by atoms with Crippen LogP contribution in [0.3, 0.4) is 0 Å². The first kappa shape index (κ1) is 17.1. The fourth-order valence-corrected chi connectivity index (χ4v) is 2.45. The monoisotopic (exact) mass is 351 g/mol. The van der Waals surface area contributed by atoms with Crippen molar-refractivity contribution < 1.29 is 13.2 Å². The van der Waals surface area contributed by atoms with Gasteiger partial charge < -0.3 is 5.32 Å². The van der Waals surface area contributed by atoms with E-state index in [-0.39, 0.29) is 17.9 Å². The summed E-state index contributed by atoms with van der Waals surface area (Å²) in [5, 5.41) is 7.99. The molecule has 7 nitrogen and oxygen atoms in total. The molecule has 0 aromatic carbocycles. The van der Waals surface area contributed by atoms with Crippen LogP contribution in [0.2, 0.25) is 0 Å². The third-order valence-electron chi connectivity index (χ3n) is 3.54. The van der Waals surface area contributed by atoms with Crippen LogP contribution < -0.4 is 5.32 Å². The van der Waals surface area contributed by atoms with Crippen LogP contribution in [0.1, 0.15) is 23.0 Å². The number of nitrogens with zero attached hydrogens (tertiary/aromatic N) is 6. The molecule has 0 aliphatic carbocycles. The molecule has 0 aliphatic rings. The number of aromatic nitrogens is 6. The van der Waals surface area contributed by atoms with Crippen LogP contribution in [0, 0.1) is 13.8 Å². The van der Waals surface area contributed by atoms with E-state index in [0.29, 0.717) is 23.8 Å². The first-order chi connectivity index (χ1) is 11.7. The van der Waals surface area contributed by atoms with E-state index in [1.54, 1.807) is 24.9 Å². The number of alkyl halides is 3. The molecular weight excluding hydrogens is 335 g/mol. The molecule has 3 rings (SSSR count). The number of halogens is 3. The van der Waals surface area contributed by atoms with Crippen molar-refractivity contribution in [1.82, 2.24) is 29.7 Å². The minimum atomic E-state index is -4.48. The van der Waals surface area contributed by atoms with Crippen LogP contribution in [0.5, 0.6) is 0 Å². The highest BCUT2D eigenvalue weighted by atomic mass is 19.4. The Bertz CT molecular complexity index is 917. The normalized spacial score (nSPS) is 11.9. The molecule has 0 unspecified atom stereocenters. The summed E-state index contributed by atoms with van der Waals surface area (Å²) in [6.07, 6.45) is -2.61. The van der Waals surface area contributed by atoms with Gasteiger partial charge in [-0.05, 0) is 19.9 Å². The largest absolute Gasteiger partial charge is 0.433 e. The van der Waals surface area contributed by atoms with Gasteiger partial charge >= 0.3 is 6.18 Å². The standard InChI is InChI=1S/C15H16F3N7/c1-8-6-11(15(16,17)18)24-12(21-8)4-5-19-13-10-7-20-25(3)14(10)23-9(2)22-13/h6-7H,4-5H2,1-3H3,(H,19,22,23). The summed E-state index contributed by atoms with van der Waals surface area (Å²) < 4.78 is 40.1. The van der Waals surface area contributed by atoms with E-state index < -0.39 is 11.9 Å². The van der Waals surface area contributed by atoms with Crippen LogP contribution >= 0.6 is 0 Å². The molecule has 3 aromatic rings. The van der Waals surface area contributed by atoms with E-state index in [1.165, 1.54) is 6.92 Å². The molecule has 10 heteroatoms. The van der Waals surface area contributed by atoms with E-state index in [9.17, 15) is 13.2 Å². The summed E-state index contributed by atoms with van der Waals surface area (Å²) in [6, 6.07) is 0.934. The number of hydrogen-bond donors (Lipinski definition) is 1. The molecule has 132 valence electrons. The summed E-state index contributed by atoms with van der Waals surface area (Å²) in [6.45, 7) is 3.61. The first-order valence-corrected chi connectivity index (χ1v) is 7.56. The highest BCUT2D eigenvalue weighted by Crippen LogP contribution is 2.27. The Kier molecular flexibility index (Phi) is 4.27. The van der Waals surface area contributed by atoms with Crippen LogP contribution in [-0.2, 0) is 19.6 Å². The second kappa shape index (κ2) is 6.26. The van der Waals surface area contributed by atoms with Gasteiger partial charge in [0.1, 0.15) is 23.2 Å². The molecule has 0 saturated heterocycles. The van der Waals surface area contributed by atoms with Gasteiger partial charge in [-0.1, -0.05) is 0 Å². The number of rotatable bonds is 4. The topological polar surface area (TPSA) is 81.4 Å². The van der Waals surface area contributed by atoms with Crippen molar-refractivity contribution in [2.24, 2.45) is 7.05 Å². The molecule has 0 fully saturated rings. The van der Waals surface area contributed by atoms with Crippen LogP contribution in [-0.4, -0.2) is 36.3 Å². The summed E-state index contributed by atoms with van der Waals surface area (Å²) in [5.41, 5.74) is 0.0357.